The highest BCUT2D eigenvalue weighted by Crippen LogP contribution is 2.44. The van der Waals surface area contributed by atoms with E-state index < -0.39 is 0 Å². The van der Waals surface area contributed by atoms with Gasteiger partial charge in [-0.25, -0.2) is 4.79 Å². The van der Waals surface area contributed by atoms with E-state index in [0.29, 0.717) is 11.6 Å². The van der Waals surface area contributed by atoms with Crippen molar-refractivity contribution in [2.45, 2.75) is 57.7 Å². The van der Waals surface area contributed by atoms with E-state index in [-0.39, 0.29) is 18.1 Å². The van der Waals surface area contributed by atoms with Gasteiger partial charge in [-0.3, -0.25) is 4.98 Å². The Balaban J connectivity index is 1.65. The quantitative estimate of drug-likeness (QED) is 0.406. The third-order valence-electron chi connectivity index (χ3n) is 7.19. The maximum absolute atomic E-state index is 12.5. The first-order valence-electron chi connectivity index (χ1n) is 11.9. The number of carbonyl (C=O) groups is 1. The fraction of sp³-hybridized carbons (Fsp3) is 0.370. The molecular weight excluding hydrogens is 444 g/mol. The number of aryl methyl sites for hydroxylation is 1. The lowest BCUT2D eigenvalue weighted by molar-refractivity contribution is 0.0600. The van der Waals surface area contributed by atoms with E-state index >= 15 is 0 Å². The molecule has 2 atom stereocenters. The number of ether oxygens (including phenoxy) is 1. The molecular formula is C27H30N4O2S. The molecule has 7 heteroatoms. The minimum Gasteiger partial charge on any atom is -0.465 e. The van der Waals surface area contributed by atoms with Crippen LogP contribution in [0.4, 0.5) is 0 Å². The number of esters is 1. The van der Waals surface area contributed by atoms with Crippen LogP contribution in [-0.4, -0.2) is 38.7 Å². The second-order valence-electron chi connectivity index (χ2n) is 9.14. The maximum Gasteiger partial charge on any atom is 0.339 e. The molecule has 1 aliphatic carbocycles. The number of carbonyl (C=O) groups excluding carboxylic acids is 1. The lowest BCUT2D eigenvalue weighted by atomic mass is 9.95. The van der Waals surface area contributed by atoms with Crippen molar-refractivity contribution < 1.29 is 9.53 Å². The Morgan fingerprint density at radius 2 is 1.85 bits per heavy atom. The summed E-state index contributed by atoms with van der Waals surface area (Å²) in [5.74, 6) is -0.340. The van der Waals surface area contributed by atoms with Gasteiger partial charge in [0.1, 0.15) is 0 Å². The molecule has 0 radical (unpaired) electrons. The van der Waals surface area contributed by atoms with Crippen molar-refractivity contribution in [1.29, 1.82) is 0 Å². The van der Waals surface area contributed by atoms with Crippen LogP contribution < -0.4 is 5.32 Å². The molecule has 3 heterocycles. The Hall–Kier alpha value is -3.19. The van der Waals surface area contributed by atoms with Crippen molar-refractivity contribution in [2.75, 3.05) is 7.11 Å². The molecule has 6 nitrogen and oxygen atoms in total. The summed E-state index contributed by atoms with van der Waals surface area (Å²) in [5.41, 5.74) is 5.71. The number of benzene rings is 1. The summed E-state index contributed by atoms with van der Waals surface area (Å²) >= 11 is 5.90. The van der Waals surface area contributed by atoms with Crippen LogP contribution in [0.5, 0.6) is 0 Å². The molecule has 0 amide bonds. The second kappa shape index (κ2) is 9.22. The van der Waals surface area contributed by atoms with E-state index in [4.69, 9.17) is 17.0 Å². The lowest BCUT2D eigenvalue weighted by Crippen LogP contribution is -2.37. The normalized spacial score (nSPS) is 20.6. The van der Waals surface area contributed by atoms with E-state index in [9.17, 15) is 4.79 Å². The summed E-state index contributed by atoms with van der Waals surface area (Å²) in [6.07, 6.45) is 6.60. The molecule has 1 aromatic carbocycles. The highest BCUT2D eigenvalue weighted by Gasteiger charge is 2.44. The monoisotopic (exact) mass is 474 g/mol. The van der Waals surface area contributed by atoms with Gasteiger partial charge in [0.15, 0.2) is 5.11 Å². The minimum absolute atomic E-state index is 0.0238. The first-order chi connectivity index (χ1) is 16.5. The number of nitrogens with zero attached hydrogens (tertiary/aromatic N) is 3. The van der Waals surface area contributed by atoms with Crippen LogP contribution in [-0.2, 0) is 4.74 Å². The number of hydrogen-bond donors (Lipinski definition) is 1. The summed E-state index contributed by atoms with van der Waals surface area (Å²) in [5, 5.41) is 4.39. The second-order valence-corrected chi connectivity index (χ2v) is 9.53. The molecule has 1 saturated carbocycles. The molecule has 5 rings (SSSR count). The molecule has 0 unspecified atom stereocenters. The first kappa shape index (κ1) is 22.6. The number of pyridine rings is 1. The van der Waals surface area contributed by atoms with E-state index in [1.54, 1.807) is 0 Å². The third kappa shape index (κ3) is 3.78. The standard InChI is InChI=1S/C27H30N4O2S/c1-17-16-21(18(2)30(17)23-14-7-6-12-20(23)26(32)33-3)25-24(22-13-8-9-15-28-22)29-27(34)31(25)19-10-4-5-11-19/h6-9,12-16,19,24-25H,4-5,10-11H2,1-3H3,(H,29,34)/t24-,25-/m1/s1. The molecule has 0 spiro atoms. The summed E-state index contributed by atoms with van der Waals surface area (Å²) < 4.78 is 7.22. The Bertz CT molecular complexity index is 1220. The van der Waals surface area contributed by atoms with Crippen LogP contribution in [0.15, 0.2) is 54.7 Å². The smallest absolute Gasteiger partial charge is 0.339 e. The molecule has 1 N–H and O–H groups in total. The maximum atomic E-state index is 12.5. The van der Waals surface area contributed by atoms with Crippen LogP contribution in [0.2, 0.25) is 0 Å². The number of para-hydroxylation sites is 1. The van der Waals surface area contributed by atoms with Gasteiger partial charge >= 0.3 is 5.97 Å². The number of thiocarbonyl (C=S) groups is 1. The van der Waals surface area contributed by atoms with Gasteiger partial charge in [-0.15, -0.1) is 0 Å². The molecule has 3 aromatic rings. The Morgan fingerprint density at radius 3 is 2.56 bits per heavy atom. The average molecular weight is 475 g/mol. The summed E-state index contributed by atoms with van der Waals surface area (Å²) in [6, 6.07) is 16.3. The average Bonchev–Trinajstić information content (AvgIpc) is 3.57. The largest absolute Gasteiger partial charge is 0.465 e. The van der Waals surface area contributed by atoms with Crippen LogP contribution in [0.3, 0.4) is 0 Å². The molecule has 1 aliphatic heterocycles. The van der Waals surface area contributed by atoms with Gasteiger partial charge in [0.2, 0.25) is 0 Å². The van der Waals surface area contributed by atoms with E-state index in [0.717, 1.165) is 40.7 Å². The zero-order valence-corrected chi connectivity index (χ0v) is 20.6. The number of aromatic nitrogens is 2. The molecule has 1 saturated heterocycles. The van der Waals surface area contributed by atoms with Crippen molar-refractivity contribution in [1.82, 2.24) is 19.8 Å². The summed E-state index contributed by atoms with van der Waals surface area (Å²) in [4.78, 5) is 19.6. The predicted octanol–water partition coefficient (Wildman–Crippen LogP) is 5.19. The topological polar surface area (TPSA) is 59.4 Å². The van der Waals surface area contributed by atoms with Crippen molar-refractivity contribution in [3.63, 3.8) is 0 Å². The fourth-order valence-electron chi connectivity index (χ4n) is 5.68. The lowest BCUT2D eigenvalue weighted by Gasteiger charge is -2.33. The van der Waals surface area contributed by atoms with Gasteiger partial charge in [-0.05, 0) is 74.8 Å². The third-order valence-corrected chi connectivity index (χ3v) is 7.52. The van der Waals surface area contributed by atoms with Crippen molar-refractivity contribution >= 4 is 23.3 Å². The SMILES string of the molecule is COC(=O)c1ccccc1-n1c(C)cc([C@@H]2[C@@H](c3ccccn3)NC(=S)N2C2CCCC2)c1C. The van der Waals surface area contributed by atoms with E-state index in [2.05, 4.69) is 45.7 Å². The molecule has 2 fully saturated rings. The number of nitrogens with one attached hydrogen (secondary N) is 1. The van der Waals surface area contributed by atoms with Gasteiger partial charge < -0.3 is 19.5 Å². The highest BCUT2D eigenvalue weighted by molar-refractivity contribution is 7.80. The molecule has 0 bridgehead atoms. The van der Waals surface area contributed by atoms with Gasteiger partial charge in [0.05, 0.1) is 36.1 Å². The number of hydrogen-bond acceptors (Lipinski definition) is 4. The number of methoxy groups -OCH3 is 1. The summed E-state index contributed by atoms with van der Waals surface area (Å²) in [7, 11) is 1.42. The Labute approximate surface area is 205 Å². The molecule has 2 aliphatic rings. The van der Waals surface area contributed by atoms with Gasteiger partial charge in [-0.1, -0.05) is 31.0 Å². The zero-order valence-electron chi connectivity index (χ0n) is 19.8. The molecule has 2 aromatic heterocycles. The highest BCUT2D eigenvalue weighted by atomic mass is 32.1. The summed E-state index contributed by atoms with van der Waals surface area (Å²) in [6.45, 7) is 4.21. The van der Waals surface area contributed by atoms with Gasteiger partial charge in [0, 0.05) is 23.6 Å². The van der Waals surface area contributed by atoms with Crippen molar-refractivity contribution in [2.24, 2.45) is 0 Å². The molecule has 176 valence electrons. The predicted molar refractivity (Wildman–Crippen MR) is 136 cm³/mol. The van der Waals surface area contributed by atoms with E-state index in [1.807, 2.05) is 42.6 Å². The Morgan fingerprint density at radius 1 is 1.12 bits per heavy atom. The zero-order chi connectivity index (χ0) is 23.8. The van der Waals surface area contributed by atoms with Gasteiger partial charge in [-0.2, -0.15) is 0 Å². The van der Waals surface area contributed by atoms with Crippen LogP contribution in [0, 0.1) is 13.8 Å². The number of rotatable bonds is 5. The van der Waals surface area contributed by atoms with Gasteiger partial charge in [0.25, 0.3) is 0 Å². The Kier molecular flexibility index (Phi) is 6.13. The fourth-order valence-corrected chi connectivity index (χ4v) is 6.07. The first-order valence-corrected chi connectivity index (χ1v) is 12.3. The van der Waals surface area contributed by atoms with Crippen LogP contribution in [0.1, 0.15) is 70.8 Å². The molecule has 34 heavy (non-hydrogen) atoms. The van der Waals surface area contributed by atoms with Crippen molar-refractivity contribution in [3.05, 3.63) is 82.9 Å². The van der Waals surface area contributed by atoms with Crippen molar-refractivity contribution in [3.8, 4) is 5.69 Å². The van der Waals surface area contributed by atoms with Crippen LogP contribution >= 0.6 is 12.2 Å². The minimum atomic E-state index is -0.340. The van der Waals surface area contributed by atoms with E-state index in [1.165, 1.54) is 25.5 Å². The van der Waals surface area contributed by atoms with Crippen LogP contribution in [0.25, 0.3) is 5.69 Å².